The van der Waals surface area contributed by atoms with Crippen LogP contribution in [0.1, 0.15) is 23.4 Å². The molecule has 0 spiro atoms. The summed E-state index contributed by atoms with van der Waals surface area (Å²) in [4.78, 5) is 7.46. The summed E-state index contributed by atoms with van der Waals surface area (Å²) in [5, 5.41) is 1.13. The van der Waals surface area contributed by atoms with Gasteiger partial charge in [0.25, 0.3) is 0 Å². The molecule has 4 rings (SSSR count). The number of hydrogen-bond acceptors (Lipinski definition) is 5. The molecular weight excluding hydrogens is 390 g/mol. The molecule has 1 atom stereocenters. The van der Waals surface area contributed by atoms with Gasteiger partial charge in [0.1, 0.15) is 5.01 Å². The van der Waals surface area contributed by atoms with E-state index in [-0.39, 0.29) is 0 Å². The average Bonchev–Trinajstić information content (AvgIpc) is 3.09. The maximum atomic E-state index is 12.5. The standard InChI is InChI=1S/C21H25N3O2S2/c1-16-8-10-18(11-9-16)28(25,26)22-13-17-5-4-12-24(14-17)15-21-23-19-6-2-3-7-20(19)27-21/h2-3,6-11,17,22H,4-5,12-15H2,1H3/t17-/m1/s1. The Balaban J connectivity index is 1.35. The van der Waals surface area contributed by atoms with Gasteiger partial charge in [0.2, 0.25) is 10.0 Å². The number of para-hydroxylation sites is 1. The number of likely N-dealkylation sites (tertiary alicyclic amines) is 1. The fourth-order valence-corrected chi connectivity index (χ4v) is 5.79. The lowest BCUT2D eigenvalue weighted by Crippen LogP contribution is -2.40. The molecule has 3 aromatic rings. The van der Waals surface area contributed by atoms with Crippen molar-refractivity contribution in [2.24, 2.45) is 5.92 Å². The highest BCUT2D eigenvalue weighted by Gasteiger charge is 2.23. The van der Waals surface area contributed by atoms with Crippen LogP contribution in [-0.4, -0.2) is 37.9 Å². The highest BCUT2D eigenvalue weighted by molar-refractivity contribution is 7.89. The fraction of sp³-hybridized carbons (Fsp3) is 0.381. The Morgan fingerprint density at radius 2 is 1.96 bits per heavy atom. The summed E-state index contributed by atoms with van der Waals surface area (Å²) in [6, 6.07) is 15.2. The van der Waals surface area contributed by atoms with Crippen LogP contribution in [0.3, 0.4) is 0 Å². The number of sulfonamides is 1. The van der Waals surface area contributed by atoms with Gasteiger partial charge < -0.3 is 0 Å². The van der Waals surface area contributed by atoms with Crippen LogP contribution in [0.25, 0.3) is 10.2 Å². The topological polar surface area (TPSA) is 62.3 Å². The highest BCUT2D eigenvalue weighted by Crippen LogP contribution is 2.25. The summed E-state index contributed by atoms with van der Waals surface area (Å²) < 4.78 is 29.1. The van der Waals surface area contributed by atoms with E-state index in [1.807, 2.05) is 37.3 Å². The number of piperidine rings is 1. The van der Waals surface area contributed by atoms with Crippen LogP contribution in [0.2, 0.25) is 0 Å². The van der Waals surface area contributed by atoms with Crippen LogP contribution in [-0.2, 0) is 16.6 Å². The monoisotopic (exact) mass is 415 g/mol. The predicted molar refractivity (Wildman–Crippen MR) is 114 cm³/mol. The van der Waals surface area contributed by atoms with Crippen LogP contribution >= 0.6 is 11.3 Å². The average molecular weight is 416 g/mol. The molecule has 5 nitrogen and oxygen atoms in total. The van der Waals surface area contributed by atoms with Crippen LogP contribution in [0.4, 0.5) is 0 Å². The van der Waals surface area contributed by atoms with Crippen molar-refractivity contribution in [2.75, 3.05) is 19.6 Å². The predicted octanol–water partition coefficient (Wildman–Crippen LogP) is 3.80. The number of rotatable bonds is 6. The summed E-state index contributed by atoms with van der Waals surface area (Å²) in [7, 11) is -3.45. The Bertz CT molecular complexity index is 1010. The fourth-order valence-electron chi connectivity index (χ4n) is 3.67. The molecule has 0 saturated carbocycles. The largest absolute Gasteiger partial charge is 0.296 e. The quantitative estimate of drug-likeness (QED) is 0.665. The van der Waals surface area contributed by atoms with E-state index < -0.39 is 10.0 Å². The number of thiazole rings is 1. The van der Waals surface area contributed by atoms with Crippen molar-refractivity contribution in [3.8, 4) is 0 Å². The van der Waals surface area contributed by atoms with Crippen molar-refractivity contribution in [1.82, 2.24) is 14.6 Å². The van der Waals surface area contributed by atoms with Gasteiger partial charge in [0, 0.05) is 13.1 Å². The van der Waals surface area contributed by atoms with E-state index in [1.54, 1.807) is 23.5 Å². The number of aromatic nitrogens is 1. The molecule has 1 aliphatic rings. The minimum absolute atomic E-state index is 0.323. The maximum Gasteiger partial charge on any atom is 0.240 e. The van der Waals surface area contributed by atoms with Gasteiger partial charge in [-0.2, -0.15) is 0 Å². The maximum absolute atomic E-state index is 12.5. The molecule has 148 valence electrons. The van der Waals surface area contributed by atoms with Gasteiger partial charge in [-0.3, -0.25) is 4.90 Å². The first-order valence-corrected chi connectivity index (χ1v) is 11.9. The van der Waals surface area contributed by atoms with Crippen LogP contribution in [0, 0.1) is 12.8 Å². The number of aryl methyl sites for hydroxylation is 1. The van der Waals surface area contributed by atoms with Gasteiger partial charge in [0.05, 0.1) is 21.7 Å². The molecule has 0 aliphatic carbocycles. The van der Waals surface area contributed by atoms with Crippen molar-refractivity contribution in [1.29, 1.82) is 0 Å². The third kappa shape index (κ3) is 4.60. The Labute approximate surface area is 170 Å². The molecule has 1 aliphatic heterocycles. The van der Waals surface area contributed by atoms with Crippen LogP contribution < -0.4 is 4.72 Å². The molecule has 0 bridgehead atoms. The van der Waals surface area contributed by atoms with Gasteiger partial charge in [0.15, 0.2) is 0 Å². The smallest absolute Gasteiger partial charge is 0.240 e. The summed E-state index contributed by atoms with van der Waals surface area (Å²) in [5.41, 5.74) is 2.11. The van der Waals surface area contributed by atoms with E-state index in [1.165, 1.54) is 4.70 Å². The Morgan fingerprint density at radius 3 is 2.75 bits per heavy atom. The zero-order chi connectivity index (χ0) is 19.6. The molecule has 7 heteroatoms. The van der Waals surface area contributed by atoms with Crippen molar-refractivity contribution in [3.05, 3.63) is 59.1 Å². The second-order valence-electron chi connectivity index (χ2n) is 7.48. The molecule has 28 heavy (non-hydrogen) atoms. The van der Waals surface area contributed by atoms with Gasteiger partial charge in [-0.1, -0.05) is 29.8 Å². The third-order valence-corrected chi connectivity index (χ3v) is 7.65. The van der Waals surface area contributed by atoms with E-state index in [2.05, 4.69) is 15.7 Å². The minimum atomic E-state index is -3.45. The summed E-state index contributed by atoms with van der Waals surface area (Å²) in [6.07, 6.45) is 2.13. The van der Waals surface area contributed by atoms with E-state index in [0.717, 1.165) is 48.6 Å². The lowest BCUT2D eigenvalue weighted by molar-refractivity contribution is 0.169. The van der Waals surface area contributed by atoms with E-state index in [9.17, 15) is 8.42 Å². The second-order valence-corrected chi connectivity index (χ2v) is 10.4. The number of fused-ring (bicyclic) bond motifs is 1. The van der Waals surface area contributed by atoms with Crippen molar-refractivity contribution >= 4 is 31.6 Å². The summed E-state index contributed by atoms with van der Waals surface area (Å²) in [6.45, 7) is 5.20. The zero-order valence-electron chi connectivity index (χ0n) is 16.0. The Kier molecular flexibility index (Phi) is 5.78. The Hall–Kier alpha value is -1.80. The van der Waals surface area contributed by atoms with Gasteiger partial charge >= 0.3 is 0 Å². The molecule has 0 radical (unpaired) electrons. The van der Waals surface area contributed by atoms with Crippen molar-refractivity contribution in [2.45, 2.75) is 31.2 Å². The molecule has 1 N–H and O–H groups in total. The molecule has 1 saturated heterocycles. The molecule has 0 unspecified atom stereocenters. The van der Waals surface area contributed by atoms with Crippen molar-refractivity contribution in [3.63, 3.8) is 0 Å². The van der Waals surface area contributed by atoms with Gasteiger partial charge in [-0.05, 0) is 56.5 Å². The lowest BCUT2D eigenvalue weighted by atomic mass is 9.98. The second kappa shape index (κ2) is 8.29. The molecule has 1 fully saturated rings. The Morgan fingerprint density at radius 1 is 1.18 bits per heavy atom. The molecule has 0 amide bonds. The van der Waals surface area contributed by atoms with Gasteiger partial charge in [-0.15, -0.1) is 11.3 Å². The molecular formula is C21H25N3O2S2. The number of nitrogens with one attached hydrogen (secondary N) is 1. The number of hydrogen-bond donors (Lipinski definition) is 1. The number of nitrogens with zero attached hydrogens (tertiary/aromatic N) is 2. The SMILES string of the molecule is Cc1ccc(S(=O)(=O)NC[C@H]2CCCN(Cc3nc4ccccc4s3)C2)cc1. The summed E-state index contributed by atoms with van der Waals surface area (Å²) in [5.74, 6) is 0.323. The van der Waals surface area contributed by atoms with Gasteiger partial charge in [-0.25, -0.2) is 18.1 Å². The van der Waals surface area contributed by atoms with Crippen molar-refractivity contribution < 1.29 is 8.42 Å². The normalized spacial score (nSPS) is 18.5. The first-order chi connectivity index (χ1) is 13.5. The zero-order valence-corrected chi connectivity index (χ0v) is 17.6. The number of benzene rings is 2. The highest BCUT2D eigenvalue weighted by atomic mass is 32.2. The minimum Gasteiger partial charge on any atom is -0.296 e. The third-order valence-electron chi connectivity index (χ3n) is 5.19. The molecule has 2 aromatic carbocycles. The van der Waals surface area contributed by atoms with E-state index in [0.29, 0.717) is 17.4 Å². The lowest BCUT2D eigenvalue weighted by Gasteiger charge is -2.32. The summed E-state index contributed by atoms with van der Waals surface area (Å²) >= 11 is 1.74. The molecule has 2 heterocycles. The first-order valence-electron chi connectivity index (χ1n) is 9.63. The first kappa shape index (κ1) is 19.5. The van der Waals surface area contributed by atoms with E-state index in [4.69, 9.17) is 4.98 Å². The van der Waals surface area contributed by atoms with Crippen LogP contribution in [0.5, 0.6) is 0 Å². The molecule has 1 aromatic heterocycles. The van der Waals surface area contributed by atoms with Crippen LogP contribution in [0.15, 0.2) is 53.4 Å². The van der Waals surface area contributed by atoms with E-state index >= 15 is 0 Å².